The quantitative estimate of drug-likeness (QED) is 0.0549. The molecule has 0 bridgehead atoms. The summed E-state index contributed by atoms with van der Waals surface area (Å²) in [4.78, 5) is 56.7. The van der Waals surface area contributed by atoms with Gasteiger partial charge < -0.3 is 34.2 Å². The Kier molecular flexibility index (Phi) is 26.0. The van der Waals surface area contributed by atoms with Gasteiger partial charge in [-0.2, -0.15) is 0 Å². The van der Waals surface area contributed by atoms with Crippen molar-refractivity contribution in [1.29, 1.82) is 0 Å². The van der Waals surface area contributed by atoms with E-state index in [-0.39, 0.29) is 46.0 Å². The molecule has 25 heteroatoms. The molecule has 87 heavy (non-hydrogen) atoms. The van der Waals surface area contributed by atoms with Gasteiger partial charge in [0.05, 0.1) is 46.0 Å². The predicted molar refractivity (Wildman–Crippen MR) is 329 cm³/mol. The van der Waals surface area contributed by atoms with E-state index in [9.17, 15) is 57.6 Å². The van der Waals surface area contributed by atoms with Crippen molar-refractivity contribution in [1.82, 2.24) is 0 Å². The first-order valence-electron chi connectivity index (χ1n) is 26.7. The van der Waals surface area contributed by atoms with E-state index in [1.54, 1.807) is 100 Å². The summed E-state index contributed by atoms with van der Waals surface area (Å²) in [7, 11) is -14.7. The van der Waals surface area contributed by atoms with Gasteiger partial charge in [0.1, 0.15) is 13.2 Å². The molecule has 1 amide bonds. The predicted octanol–water partition coefficient (Wildman–Crippen LogP) is 9.04. The molecule has 2 N–H and O–H groups in total. The van der Waals surface area contributed by atoms with Crippen LogP contribution in [-0.4, -0.2) is 126 Å². The van der Waals surface area contributed by atoms with E-state index in [1.807, 2.05) is 49.4 Å². The monoisotopic (exact) mass is 1330 g/mol. The van der Waals surface area contributed by atoms with Crippen LogP contribution in [0.2, 0.25) is 0 Å². The minimum atomic E-state index is -3.73. The van der Waals surface area contributed by atoms with Gasteiger partial charge in [-0.25, -0.2) is 33.7 Å². The zero-order valence-electron chi connectivity index (χ0n) is 48.0. The maximum atomic E-state index is 12.2. The number of rotatable bonds is 20. The van der Waals surface area contributed by atoms with Crippen LogP contribution in [0.5, 0.6) is 11.5 Å². The van der Waals surface area contributed by atoms with Crippen molar-refractivity contribution >= 4 is 85.1 Å². The molecule has 0 saturated carbocycles. The number of nitrogens with two attached hydrogens (primary N) is 1. The number of amides is 1. The number of aryl methyl sites for hydroxylation is 1. The molecular weight excluding hydrogens is 1270 g/mol. The highest BCUT2D eigenvalue weighted by Gasteiger charge is 2.24. The molecule has 0 spiro atoms. The third-order valence-corrected chi connectivity index (χ3v) is 18.9. The second-order valence-corrected chi connectivity index (χ2v) is 27.3. The fourth-order valence-electron chi connectivity index (χ4n) is 7.79. The summed E-state index contributed by atoms with van der Waals surface area (Å²) in [6.45, 7) is 10.2. The van der Waals surface area contributed by atoms with E-state index in [0.717, 1.165) is 38.9 Å². The summed E-state index contributed by atoms with van der Waals surface area (Å²) in [5.74, 6) is -4.75. The molecule has 0 saturated heterocycles. The lowest BCUT2D eigenvalue weighted by molar-refractivity contribution is -0.140. The largest absolute Gasteiger partial charge is 0.486 e. The van der Waals surface area contributed by atoms with Gasteiger partial charge in [0.25, 0.3) is 0 Å². The molecule has 8 rings (SSSR count). The van der Waals surface area contributed by atoms with Gasteiger partial charge in [-0.3, -0.25) is 24.0 Å². The second-order valence-electron chi connectivity index (χ2n) is 18.5. The zero-order chi connectivity index (χ0) is 64.0. The smallest absolute Gasteiger partial charge is 0.321 e. The van der Waals surface area contributed by atoms with Crippen LogP contribution in [0.3, 0.4) is 0 Å². The minimum Gasteiger partial charge on any atom is -0.486 e. The molecule has 20 nitrogen and oxygen atoms in total. The molecule has 7 aromatic carbocycles. The number of ether oxygens (including phenoxy) is 6. The molecule has 462 valence electrons. The highest BCUT2D eigenvalue weighted by atomic mass is 79.9. The van der Waals surface area contributed by atoms with E-state index in [0.29, 0.717) is 34.7 Å². The van der Waals surface area contributed by atoms with Crippen molar-refractivity contribution < 1.29 is 86.1 Å². The van der Waals surface area contributed by atoms with Crippen LogP contribution < -0.4 is 15.2 Å². The van der Waals surface area contributed by atoms with Crippen molar-refractivity contribution in [3.63, 3.8) is 0 Å². The normalized spacial score (nSPS) is 11.7. The average molecular weight is 1340 g/mol. The first kappa shape index (κ1) is 69.5. The van der Waals surface area contributed by atoms with E-state index in [4.69, 9.17) is 19.9 Å². The van der Waals surface area contributed by atoms with Crippen LogP contribution in [0.1, 0.15) is 43.6 Å². The number of sulfone groups is 4. The number of esters is 4. The fourth-order valence-corrected chi connectivity index (χ4v) is 12.8. The molecule has 0 fully saturated rings. The molecule has 1 aliphatic heterocycles. The Labute approximate surface area is 514 Å². The Bertz CT molecular complexity index is 3970. The minimum absolute atomic E-state index is 0.0491. The van der Waals surface area contributed by atoms with Crippen LogP contribution >= 0.6 is 15.9 Å². The lowest BCUT2D eigenvalue weighted by Crippen LogP contribution is -2.18. The molecule has 0 atom stereocenters. The highest BCUT2D eigenvalue weighted by Crippen LogP contribution is 2.35. The number of fused-ring (bicyclic) bond motifs is 1. The lowest BCUT2D eigenvalue weighted by atomic mass is 10.0. The number of carbonyl (C=O) groups excluding carboxylic acids is 5. The third kappa shape index (κ3) is 21.6. The summed E-state index contributed by atoms with van der Waals surface area (Å²) < 4.78 is 127. The second kappa shape index (κ2) is 32.5. The summed E-state index contributed by atoms with van der Waals surface area (Å²) in [6.07, 6.45) is 0. The summed E-state index contributed by atoms with van der Waals surface area (Å²) >= 11 is 3.17. The van der Waals surface area contributed by atoms with Crippen LogP contribution in [-0.2, 0) is 77.5 Å². The maximum absolute atomic E-state index is 12.2. The Hall–Kier alpha value is -8.23. The molecular formula is C62H64BrNO19S4. The van der Waals surface area contributed by atoms with Crippen molar-refractivity contribution in [3.05, 3.63) is 179 Å². The summed E-state index contributed by atoms with van der Waals surface area (Å²) in [6, 6.07) is 45.4. The van der Waals surface area contributed by atoms with E-state index in [2.05, 4.69) is 30.1 Å². The van der Waals surface area contributed by atoms with Crippen LogP contribution in [0.25, 0.3) is 33.4 Å². The van der Waals surface area contributed by atoms with Gasteiger partial charge in [0, 0.05) is 10.0 Å². The van der Waals surface area contributed by atoms with Gasteiger partial charge >= 0.3 is 23.9 Å². The third-order valence-electron chi connectivity index (χ3n) is 12.0. The van der Waals surface area contributed by atoms with Crippen molar-refractivity contribution in [3.8, 4) is 44.9 Å². The van der Waals surface area contributed by atoms with Crippen LogP contribution in [0, 0.1) is 6.92 Å². The van der Waals surface area contributed by atoms with Crippen molar-refractivity contribution in [2.24, 2.45) is 5.73 Å². The van der Waals surface area contributed by atoms with E-state index >= 15 is 0 Å². The number of hydrogen-bond acceptors (Lipinski definition) is 19. The maximum Gasteiger partial charge on any atom is 0.321 e. The first-order valence-corrected chi connectivity index (χ1v) is 34.1. The van der Waals surface area contributed by atoms with Gasteiger partial charge in [0.2, 0.25) is 5.91 Å². The Morgan fingerprint density at radius 3 is 1.06 bits per heavy atom. The number of benzene rings is 7. The number of hydrogen-bond donors (Lipinski definition) is 1. The number of carbonyl (C=O) groups is 5. The van der Waals surface area contributed by atoms with Crippen molar-refractivity contribution in [2.45, 2.75) is 54.2 Å². The molecule has 0 aliphatic carbocycles. The van der Waals surface area contributed by atoms with E-state index in [1.165, 1.54) is 48.5 Å². The number of primary amides is 1. The SMILES string of the molecule is CCOC(=O)CS(=O)(=O)c1ccc(-c2ccc(C(N)=O)cc2)cc1.CCOC(=O)CS(=O)(=O)c1ccc(-c2ccc(C)cc2)cc1.CCOC(=O)CS(=O)(=O)c1ccc(-c2ccc3c(c2)OCCO3)cc1.CCOC(=O)CS(=O)(=O)c1cccc(Br)c1. The fraction of sp³-hybridized carbons (Fsp3) is 0.242. The van der Waals surface area contributed by atoms with Gasteiger partial charge in [-0.15, -0.1) is 0 Å². The molecule has 1 aliphatic rings. The standard InChI is InChI=1S/C18H18O6S.C17H17NO5S.C17H18O4S.C10H11BrO4S/c1-2-22-18(19)12-25(20,21)15-6-3-13(4-7-15)14-5-8-16-17(11-14)24-10-9-23-16;1-2-23-16(19)11-24(21,22)15-9-7-13(8-10-15)12-3-5-14(6-4-12)17(18)20;1-3-21-17(18)12-22(19,20)16-10-8-15(9-11-16)14-6-4-13(2)5-7-14;1-2-15-10(12)7-16(13,14)9-5-3-4-8(11)6-9/h3-8,11H,2,9-10,12H2,1H3;3-10H,2,11H2,1H3,(H2,18,20);4-11H,3,12H2,1-2H3;3-6H,2,7H2,1H3. The topological polar surface area (TPSA) is 303 Å². The molecule has 1 heterocycles. The Morgan fingerprint density at radius 1 is 0.402 bits per heavy atom. The lowest BCUT2D eigenvalue weighted by Gasteiger charge is -2.19. The van der Waals surface area contributed by atoms with Crippen LogP contribution in [0.15, 0.2) is 188 Å². The Balaban J connectivity index is 0.000000214. The Morgan fingerprint density at radius 2 is 0.713 bits per heavy atom. The molecule has 0 radical (unpaired) electrons. The number of halogens is 1. The average Bonchev–Trinajstić information content (AvgIpc) is 3.41. The summed E-state index contributed by atoms with van der Waals surface area (Å²) in [5.41, 5.74) is 12.0. The van der Waals surface area contributed by atoms with Gasteiger partial charge in [-0.1, -0.05) is 106 Å². The molecule has 7 aromatic rings. The molecule has 0 unspecified atom stereocenters. The van der Waals surface area contributed by atoms with Crippen LogP contribution in [0.4, 0.5) is 0 Å². The zero-order valence-corrected chi connectivity index (χ0v) is 52.9. The van der Waals surface area contributed by atoms with Gasteiger partial charge in [-0.05, 0) is 147 Å². The van der Waals surface area contributed by atoms with E-state index < -0.39 is 92.1 Å². The summed E-state index contributed by atoms with van der Waals surface area (Å²) in [5, 5.41) is 0. The molecule has 0 aromatic heterocycles. The highest BCUT2D eigenvalue weighted by molar-refractivity contribution is 9.10. The van der Waals surface area contributed by atoms with Crippen molar-refractivity contribution in [2.75, 3.05) is 62.7 Å². The first-order chi connectivity index (χ1) is 41.2. The van der Waals surface area contributed by atoms with Gasteiger partial charge in [0.15, 0.2) is 73.9 Å².